The molecule has 1 rings (SSSR count). The van der Waals surface area contributed by atoms with Crippen LogP contribution in [-0.2, 0) is 6.54 Å². The van der Waals surface area contributed by atoms with Gasteiger partial charge in [-0.15, -0.1) is 0 Å². The summed E-state index contributed by atoms with van der Waals surface area (Å²) in [5.74, 6) is 0.943. The van der Waals surface area contributed by atoms with Crippen LogP contribution in [0.15, 0.2) is 24.3 Å². The average Bonchev–Trinajstić information content (AvgIpc) is 2.34. The van der Waals surface area contributed by atoms with E-state index in [-0.39, 0.29) is 0 Å². The van der Waals surface area contributed by atoms with E-state index in [0.717, 1.165) is 24.3 Å². The van der Waals surface area contributed by atoms with E-state index in [1.165, 1.54) is 25.7 Å². The Morgan fingerprint density at radius 1 is 1.12 bits per heavy atom. The lowest BCUT2D eigenvalue weighted by Crippen LogP contribution is -2.00. The number of unbranched alkanes of at least 4 members (excludes halogenated alkanes) is 4. The molecule has 0 aliphatic heterocycles. The SMILES string of the molecule is CCCCCCCOc1cccc(CN)c1. The average molecular weight is 221 g/mol. The molecular weight excluding hydrogens is 198 g/mol. The summed E-state index contributed by atoms with van der Waals surface area (Å²) in [5, 5.41) is 0. The quantitative estimate of drug-likeness (QED) is 0.682. The largest absolute Gasteiger partial charge is 0.494 e. The normalized spacial score (nSPS) is 10.4. The van der Waals surface area contributed by atoms with E-state index >= 15 is 0 Å². The Kier molecular flexibility index (Phi) is 6.66. The molecular formula is C14H23NO. The van der Waals surface area contributed by atoms with Gasteiger partial charge in [-0.2, -0.15) is 0 Å². The molecule has 0 radical (unpaired) electrons. The maximum Gasteiger partial charge on any atom is 0.119 e. The van der Waals surface area contributed by atoms with E-state index in [0.29, 0.717) is 6.54 Å². The van der Waals surface area contributed by atoms with Crippen LogP contribution in [0.25, 0.3) is 0 Å². The van der Waals surface area contributed by atoms with Gasteiger partial charge in [-0.05, 0) is 24.1 Å². The Hall–Kier alpha value is -1.02. The van der Waals surface area contributed by atoms with Gasteiger partial charge >= 0.3 is 0 Å². The molecule has 1 aromatic carbocycles. The second kappa shape index (κ2) is 8.17. The topological polar surface area (TPSA) is 35.2 Å². The molecule has 0 fully saturated rings. The molecule has 90 valence electrons. The number of nitrogens with two attached hydrogens (primary N) is 1. The summed E-state index contributed by atoms with van der Waals surface area (Å²) in [7, 11) is 0. The zero-order valence-electron chi connectivity index (χ0n) is 10.2. The molecule has 0 aliphatic carbocycles. The van der Waals surface area contributed by atoms with Crippen LogP contribution in [0, 0.1) is 0 Å². The van der Waals surface area contributed by atoms with Crippen LogP contribution in [0.4, 0.5) is 0 Å². The van der Waals surface area contributed by atoms with Crippen LogP contribution in [0.2, 0.25) is 0 Å². The summed E-state index contributed by atoms with van der Waals surface area (Å²) < 4.78 is 5.67. The van der Waals surface area contributed by atoms with E-state index < -0.39 is 0 Å². The summed E-state index contributed by atoms with van der Waals surface area (Å²) in [6.07, 6.45) is 6.36. The third kappa shape index (κ3) is 5.17. The number of hydrogen-bond acceptors (Lipinski definition) is 2. The van der Waals surface area contributed by atoms with Gasteiger partial charge in [0.2, 0.25) is 0 Å². The third-order valence-corrected chi connectivity index (χ3v) is 2.65. The molecule has 0 bridgehead atoms. The van der Waals surface area contributed by atoms with E-state index in [9.17, 15) is 0 Å². The van der Waals surface area contributed by atoms with Crippen molar-refractivity contribution < 1.29 is 4.74 Å². The minimum absolute atomic E-state index is 0.577. The first-order chi connectivity index (χ1) is 7.86. The maximum absolute atomic E-state index is 5.67. The van der Waals surface area contributed by atoms with Gasteiger partial charge in [0.1, 0.15) is 5.75 Å². The minimum atomic E-state index is 0.577. The standard InChI is InChI=1S/C14H23NO/c1-2-3-4-5-6-10-16-14-9-7-8-13(11-14)12-15/h7-9,11H,2-6,10,12,15H2,1H3. The molecule has 0 aromatic heterocycles. The smallest absolute Gasteiger partial charge is 0.119 e. The number of rotatable bonds is 8. The van der Waals surface area contributed by atoms with Crippen molar-refractivity contribution in [3.8, 4) is 5.75 Å². The first-order valence-corrected chi connectivity index (χ1v) is 6.28. The monoisotopic (exact) mass is 221 g/mol. The van der Waals surface area contributed by atoms with Crippen molar-refractivity contribution in [2.45, 2.75) is 45.6 Å². The van der Waals surface area contributed by atoms with Crippen molar-refractivity contribution in [1.82, 2.24) is 0 Å². The zero-order chi connectivity index (χ0) is 11.6. The molecule has 2 nitrogen and oxygen atoms in total. The van der Waals surface area contributed by atoms with Crippen LogP contribution in [0.1, 0.15) is 44.6 Å². The van der Waals surface area contributed by atoms with E-state index in [1.807, 2.05) is 24.3 Å². The van der Waals surface area contributed by atoms with Crippen molar-refractivity contribution >= 4 is 0 Å². The van der Waals surface area contributed by atoms with E-state index in [2.05, 4.69) is 6.92 Å². The molecule has 0 spiro atoms. The minimum Gasteiger partial charge on any atom is -0.494 e. The third-order valence-electron chi connectivity index (χ3n) is 2.65. The lowest BCUT2D eigenvalue weighted by atomic mass is 10.2. The highest BCUT2D eigenvalue weighted by atomic mass is 16.5. The van der Waals surface area contributed by atoms with Gasteiger partial charge in [0.05, 0.1) is 6.61 Å². The predicted molar refractivity (Wildman–Crippen MR) is 68.6 cm³/mol. The molecule has 16 heavy (non-hydrogen) atoms. The molecule has 0 saturated heterocycles. The van der Waals surface area contributed by atoms with Gasteiger partial charge in [-0.25, -0.2) is 0 Å². The molecule has 2 N–H and O–H groups in total. The predicted octanol–water partition coefficient (Wildman–Crippen LogP) is 3.49. The molecule has 2 heteroatoms. The van der Waals surface area contributed by atoms with Crippen LogP contribution < -0.4 is 10.5 Å². The Morgan fingerprint density at radius 2 is 1.94 bits per heavy atom. The number of hydrogen-bond donors (Lipinski definition) is 1. The molecule has 0 aliphatic rings. The summed E-state index contributed by atoms with van der Waals surface area (Å²) in [6, 6.07) is 8.03. The van der Waals surface area contributed by atoms with Crippen LogP contribution in [-0.4, -0.2) is 6.61 Å². The van der Waals surface area contributed by atoms with Crippen LogP contribution in [0.3, 0.4) is 0 Å². The Labute approximate surface area is 98.8 Å². The molecule has 0 saturated carbocycles. The molecule has 0 amide bonds. The lowest BCUT2D eigenvalue weighted by molar-refractivity contribution is 0.304. The molecule has 0 atom stereocenters. The van der Waals surface area contributed by atoms with Gasteiger partial charge in [0.25, 0.3) is 0 Å². The lowest BCUT2D eigenvalue weighted by Gasteiger charge is -2.07. The van der Waals surface area contributed by atoms with Gasteiger partial charge in [0.15, 0.2) is 0 Å². The fraction of sp³-hybridized carbons (Fsp3) is 0.571. The van der Waals surface area contributed by atoms with Crippen molar-refractivity contribution in [3.05, 3.63) is 29.8 Å². The fourth-order valence-electron chi connectivity index (χ4n) is 1.66. The van der Waals surface area contributed by atoms with Gasteiger partial charge < -0.3 is 10.5 Å². The van der Waals surface area contributed by atoms with Crippen LogP contribution in [0.5, 0.6) is 5.75 Å². The van der Waals surface area contributed by atoms with Crippen LogP contribution >= 0.6 is 0 Å². The van der Waals surface area contributed by atoms with E-state index in [1.54, 1.807) is 0 Å². The highest BCUT2D eigenvalue weighted by Crippen LogP contribution is 2.13. The summed E-state index contributed by atoms with van der Waals surface area (Å²) in [5.41, 5.74) is 6.70. The number of benzene rings is 1. The maximum atomic E-state index is 5.67. The second-order valence-electron chi connectivity index (χ2n) is 4.11. The summed E-state index contributed by atoms with van der Waals surface area (Å²) >= 11 is 0. The molecule has 1 aromatic rings. The van der Waals surface area contributed by atoms with Crippen molar-refractivity contribution in [1.29, 1.82) is 0 Å². The first kappa shape index (κ1) is 13.0. The van der Waals surface area contributed by atoms with Gasteiger partial charge in [0, 0.05) is 6.54 Å². The first-order valence-electron chi connectivity index (χ1n) is 6.28. The van der Waals surface area contributed by atoms with Gasteiger partial charge in [-0.1, -0.05) is 44.7 Å². The number of ether oxygens (including phenoxy) is 1. The summed E-state index contributed by atoms with van der Waals surface area (Å²) in [4.78, 5) is 0. The molecule has 0 heterocycles. The van der Waals surface area contributed by atoms with Gasteiger partial charge in [-0.3, -0.25) is 0 Å². The summed E-state index contributed by atoms with van der Waals surface area (Å²) in [6.45, 7) is 3.63. The Balaban J connectivity index is 2.16. The highest BCUT2D eigenvalue weighted by molar-refractivity contribution is 5.28. The molecule has 0 unspecified atom stereocenters. The van der Waals surface area contributed by atoms with E-state index in [4.69, 9.17) is 10.5 Å². The Bertz CT molecular complexity index is 286. The van der Waals surface area contributed by atoms with Crippen molar-refractivity contribution in [2.24, 2.45) is 5.73 Å². The van der Waals surface area contributed by atoms with Crippen molar-refractivity contribution in [2.75, 3.05) is 6.61 Å². The van der Waals surface area contributed by atoms with Crippen molar-refractivity contribution in [3.63, 3.8) is 0 Å². The fourth-order valence-corrected chi connectivity index (χ4v) is 1.66. The highest BCUT2D eigenvalue weighted by Gasteiger charge is 1.95. The zero-order valence-corrected chi connectivity index (χ0v) is 10.2. The second-order valence-corrected chi connectivity index (χ2v) is 4.11. The Morgan fingerprint density at radius 3 is 2.69 bits per heavy atom.